The molecule has 1 heterocycles. The van der Waals surface area contributed by atoms with Gasteiger partial charge in [-0.2, -0.15) is 0 Å². The molecule has 0 unspecified atom stereocenters. The molecule has 90 valence electrons. The molecule has 0 spiro atoms. The fourth-order valence-electron chi connectivity index (χ4n) is 3.15. The third-order valence-electron chi connectivity index (χ3n) is 3.76. The van der Waals surface area contributed by atoms with Crippen molar-refractivity contribution in [3.63, 3.8) is 0 Å². The van der Waals surface area contributed by atoms with Gasteiger partial charge in [0.1, 0.15) is 0 Å². The third kappa shape index (κ3) is 4.55. The molecule has 0 amide bonds. The molecule has 1 heteroatoms. The number of likely N-dealkylation sites (tertiary alicyclic amines) is 1. The molecular weight excluding hydrogens is 182 g/mol. The summed E-state index contributed by atoms with van der Waals surface area (Å²) in [6.45, 7) is 11.2. The van der Waals surface area contributed by atoms with Gasteiger partial charge in [-0.3, -0.25) is 0 Å². The molecule has 0 aromatic rings. The molecule has 1 fully saturated rings. The van der Waals surface area contributed by atoms with Gasteiger partial charge in [-0.25, -0.2) is 0 Å². The summed E-state index contributed by atoms with van der Waals surface area (Å²) >= 11 is 0. The van der Waals surface area contributed by atoms with Crippen molar-refractivity contribution in [3.05, 3.63) is 0 Å². The van der Waals surface area contributed by atoms with Crippen LogP contribution in [0, 0.1) is 5.41 Å². The van der Waals surface area contributed by atoms with Gasteiger partial charge in [-0.05, 0) is 44.2 Å². The van der Waals surface area contributed by atoms with E-state index in [2.05, 4.69) is 25.7 Å². The number of rotatable bonds is 6. The van der Waals surface area contributed by atoms with E-state index in [4.69, 9.17) is 0 Å². The monoisotopic (exact) mass is 211 g/mol. The first-order chi connectivity index (χ1) is 7.20. The predicted octanol–water partition coefficient (Wildman–Crippen LogP) is 4.08. The molecule has 0 aliphatic carbocycles. The molecule has 0 aromatic heterocycles. The van der Waals surface area contributed by atoms with Gasteiger partial charge in [0.05, 0.1) is 0 Å². The van der Waals surface area contributed by atoms with Gasteiger partial charge < -0.3 is 4.90 Å². The summed E-state index contributed by atoms with van der Waals surface area (Å²) in [6.07, 6.45) is 9.78. The van der Waals surface area contributed by atoms with E-state index in [0.29, 0.717) is 5.41 Å². The number of piperidine rings is 1. The normalized spacial score (nSPS) is 19.4. The maximum atomic E-state index is 2.70. The molecular formula is C14H29N. The molecule has 0 aromatic carbocycles. The number of hydrogen-bond acceptors (Lipinski definition) is 1. The first kappa shape index (κ1) is 13.0. The summed E-state index contributed by atoms with van der Waals surface area (Å²) in [5.74, 6) is 0. The van der Waals surface area contributed by atoms with E-state index in [-0.39, 0.29) is 0 Å². The van der Waals surface area contributed by atoms with Gasteiger partial charge in [-0.15, -0.1) is 0 Å². The van der Waals surface area contributed by atoms with Crippen molar-refractivity contribution < 1.29 is 0 Å². The van der Waals surface area contributed by atoms with Crippen molar-refractivity contribution in [2.24, 2.45) is 5.41 Å². The number of hydrogen-bond donors (Lipinski definition) is 0. The summed E-state index contributed by atoms with van der Waals surface area (Å²) < 4.78 is 0. The SMILES string of the molecule is CCCC(C)(CCC)CN1CCCCC1. The van der Waals surface area contributed by atoms with E-state index in [1.165, 1.54) is 64.6 Å². The number of nitrogens with zero attached hydrogens (tertiary/aromatic N) is 1. The topological polar surface area (TPSA) is 3.24 Å². The highest BCUT2D eigenvalue weighted by molar-refractivity contribution is 4.79. The second kappa shape index (κ2) is 6.52. The van der Waals surface area contributed by atoms with Crippen molar-refractivity contribution in [2.45, 2.75) is 65.7 Å². The molecule has 1 nitrogen and oxygen atoms in total. The van der Waals surface area contributed by atoms with E-state index < -0.39 is 0 Å². The van der Waals surface area contributed by atoms with Crippen LogP contribution in [-0.4, -0.2) is 24.5 Å². The summed E-state index contributed by atoms with van der Waals surface area (Å²) in [5, 5.41) is 0. The van der Waals surface area contributed by atoms with E-state index in [9.17, 15) is 0 Å². The molecule has 0 bridgehead atoms. The van der Waals surface area contributed by atoms with Crippen molar-refractivity contribution in [1.82, 2.24) is 4.90 Å². The summed E-state index contributed by atoms with van der Waals surface area (Å²) in [6, 6.07) is 0. The zero-order chi connectivity index (χ0) is 11.1. The van der Waals surface area contributed by atoms with Gasteiger partial charge in [-0.1, -0.05) is 40.0 Å². The molecule has 0 saturated carbocycles. The zero-order valence-corrected chi connectivity index (χ0v) is 11.0. The maximum Gasteiger partial charge on any atom is 0.00353 e. The Morgan fingerprint density at radius 1 is 0.933 bits per heavy atom. The van der Waals surface area contributed by atoms with Crippen LogP contribution in [0.2, 0.25) is 0 Å². The Balaban J connectivity index is 2.40. The lowest BCUT2D eigenvalue weighted by Gasteiger charge is -2.37. The van der Waals surface area contributed by atoms with Crippen LogP contribution < -0.4 is 0 Å². The van der Waals surface area contributed by atoms with Crippen LogP contribution in [0.3, 0.4) is 0 Å². The highest BCUT2D eigenvalue weighted by Gasteiger charge is 2.25. The van der Waals surface area contributed by atoms with Crippen LogP contribution in [0.5, 0.6) is 0 Å². The average molecular weight is 211 g/mol. The predicted molar refractivity (Wildman–Crippen MR) is 68.2 cm³/mol. The lowest BCUT2D eigenvalue weighted by Crippen LogP contribution is -2.39. The fraction of sp³-hybridized carbons (Fsp3) is 1.00. The minimum absolute atomic E-state index is 0.584. The zero-order valence-electron chi connectivity index (χ0n) is 11.0. The highest BCUT2D eigenvalue weighted by Crippen LogP contribution is 2.31. The molecule has 1 saturated heterocycles. The van der Waals surface area contributed by atoms with E-state index in [1.54, 1.807) is 0 Å². The van der Waals surface area contributed by atoms with Crippen LogP contribution in [0.15, 0.2) is 0 Å². The highest BCUT2D eigenvalue weighted by atomic mass is 15.1. The van der Waals surface area contributed by atoms with Gasteiger partial charge in [0.15, 0.2) is 0 Å². The Morgan fingerprint density at radius 3 is 1.93 bits per heavy atom. The minimum Gasteiger partial charge on any atom is -0.303 e. The van der Waals surface area contributed by atoms with Crippen molar-refractivity contribution in [2.75, 3.05) is 19.6 Å². The first-order valence-corrected chi connectivity index (χ1v) is 6.92. The van der Waals surface area contributed by atoms with E-state index in [1.807, 2.05) is 0 Å². The third-order valence-corrected chi connectivity index (χ3v) is 3.76. The Morgan fingerprint density at radius 2 is 1.47 bits per heavy atom. The van der Waals surface area contributed by atoms with Crippen molar-refractivity contribution in [1.29, 1.82) is 0 Å². The van der Waals surface area contributed by atoms with Crippen LogP contribution in [0.4, 0.5) is 0 Å². The Hall–Kier alpha value is -0.0400. The van der Waals surface area contributed by atoms with Crippen LogP contribution in [0.1, 0.15) is 65.7 Å². The van der Waals surface area contributed by atoms with E-state index in [0.717, 1.165) is 0 Å². The molecule has 0 N–H and O–H groups in total. The summed E-state index contributed by atoms with van der Waals surface area (Å²) in [5.41, 5.74) is 0.584. The van der Waals surface area contributed by atoms with Crippen LogP contribution >= 0.6 is 0 Å². The Labute approximate surface area is 96.2 Å². The van der Waals surface area contributed by atoms with Gasteiger partial charge in [0, 0.05) is 6.54 Å². The van der Waals surface area contributed by atoms with Crippen molar-refractivity contribution in [3.8, 4) is 0 Å². The fourth-order valence-corrected chi connectivity index (χ4v) is 3.15. The largest absolute Gasteiger partial charge is 0.303 e. The quantitative estimate of drug-likeness (QED) is 0.640. The standard InChI is InChI=1S/C14H29N/c1-4-9-14(3,10-5-2)13-15-11-7-6-8-12-15/h4-13H2,1-3H3. The van der Waals surface area contributed by atoms with Gasteiger partial charge in [0.2, 0.25) is 0 Å². The lowest BCUT2D eigenvalue weighted by atomic mass is 9.80. The maximum absolute atomic E-state index is 2.70. The lowest BCUT2D eigenvalue weighted by molar-refractivity contribution is 0.124. The van der Waals surface area contributed by atoms with E-state index >= 15 is 0 Å². The van der Waals surface area contributed by atoms with Crippen LogP contribution in [-0.2, 0) is 0 Å². The summed E-state index contributed by atoms with van der Waals surface area (Å²) in [4.78, 5) is 2.70. The first-order valence-electron chi connectivity index (χ1n) is 6.92. The minimum atomic E-state index is 0.584. The Bertz CT molecular complexity index is 153. The second-order valence-corrected chi connectivity index (χ2v) is 5.65. The second-order valence-electron chi connectivity index (χ2n) is 5.65. The molecule has 0 radical (unpaired) electrons. The molecule has 1 rings (SSSR count). The molecule has 0 atom stereocenters. The van der Waals surface area contributed by atoms with Crippen molar-refractivity contribution >= 4 is 0 Å². The molecule has 1 aliphatic rings. The average Bonchev–Trinajstić information content (AvgIpc) is 2.19. The summed E-state index contributed by atoms with van der Waals surface area (Å²) in [7, 11) is 0. The smallest absolute Gasteiger partial charge is 0.00353 e. The molecule has 15 heavy (non-hydrogen) atoms. The molecule has 1 aliphatic heterocycles. The van der Waals surface area contributed by atoms with Crippen LogP contribution in [0.25, 0.3) is 0 Å². The Kier molecular flexibility index (Phi) is 5.66. The van der Waals surface area contributed by atoms with Gasteiger partial charge in [0.25, 0.3) is 0 Å². The van der Waals surface area contributed by atoms with Gasteiger partial charge >= 0.3 is 0 Å².